The molecule has 0 amide bonds. The quantitative estimate of drug-likeness (QED) is 0.860. The second-order valence-electron chi connectivity index (χ2n) is 4.61. The van der Waals surface area contributed by atoms with Gasteiger partial charge in [0.1, 0.15) is 0 Å². The lowest BCUT2D eigenvalue weighted by atomic mass is 10.1. The molecule has 0 bridgehead atoms. The monoisotopic (exact) mass is 324 g/mol. The van der Waals surface area contributed by atoms with Crippen LogP contribution in [0.5, 0.6) is 0 Å². The first-order valence-corrected chi connectivity index (χ1v) is 7.48. The van der Waals surface area contributed by atoms with Crippen LogP contribution in [-0.4, -0.2) is 11.9 Å². The summed E-state index contributed by atoms with van der Waals surface area (Å²) in [7, 11) is 2.12. The van der Waals surface area contributed by atoms with Crippen molar-refractivity contribution in [3.63, 3.8) is 0 Å². The van der Waals surface area contributed by atoms with E-state index in [4.69, 9.17) is 5.73 Å². The minimum atomic E-state index is 0.875. The highest BCUT2D eigenvalue weighted by Gasteiger charge is 2.06. The first-order valence-electron chi connectivity index (χ1n) is 5.81. The molecule has 2 N–H and O–H groups in total. The molecule has 0 fully saturated rings. The number of nitrogen functional groups attached to an aromatic ring is 1. The first kappa shape index (κ1) is 13.6. The van der Waals surface area contributed by atoms with Crippen molar-refractivity contribution >= 4 is 33.0 Å². The van der Waals surface area contributed by atoms with Gasteiger partial charge in [-0.15, -0.1) is 11.3 Å². The Bertz CT molecular complexity index is 536. The molecule has 0 unspecified atom stereocenters. The number of halogens is 1. The highest BCUT2D eigenvalue weighted by Crippen LogP contribution is 2.22. The Morgan fingerprint density at radius 3 is 2.72 bits per heavy atom. The van der Waals surface area contributed by atoms with Crippen LogP contribution in [0, 0.1) is 6.92 Å². The van der Waals surface area contributed by atoms with Crippen LogP contribution < -0.4 is 5.73 Å². The maximum Gasteiger partial charge on any atom is 0.0359 e. The predicted molar refractivity (Wildman–Crippen MR) is 82.8 cm³/mol. The number of aryl methyl sites for hydroxylation is 1. The smallest absolute Gasteiger partial charge is 0.0359 e. The molecule has 1 aromatic carbocycles. The zero-order chi connectivity index (χ0) is 13.1. The van der Waals surface area contributed by atoms with E-state index in [1.54, 1.807) is 11.3 Å². The molecule has 0 saturated carbocycles. The highest BCUT2D eigenvalue weighted by atomic mass is 79.9. The van der Waals surface area contributed by atoms with Crippen LogP contribution in [0.2, 0.25) is 0 Å². The fourth-order valence-corrected chi connectivity index (χ4v) is 3.45. The third-order valence-corrected chi connectivity index (χ3v) is 4.47. The number of anilines is 1. The molecule has 0 aliphatic heterocycles. The molecule has 0 atom stereocenters. The van der Waals surface area contributed by atoms with Crippen molar-refractivity contribution in [1.82, 2.24) is 4.90 Å². The number of rotatable bonds is 4. The van der Waals surface area contributed by atoms with Crippen molar-refractivity contribution in [3.8, 4) is 0 Å². The Balaban J connectivity index is 2.02. The van der Waals surface area contributed by atoms with Crippen LogP contribution in [0.4, 0.5) is 5.69 Å². The second kappa shape index (κ2) is 5.87. The lowest BCUT2D eigenvalue weighted by Crippen LogP contribution is -2.17. The van der Waals surface area contributed by atoms with Crippen LogP contribution in [0.25, 0.3) is 0 Å². The molecule has 18 heavy (non-hydrogen) atoms. The van der Waals surface area contributed by atoms with E-state index in [2.05, 4.69) is 58.4 Å². The van der Waals surface area contributed by atoms with Crippen molar-refractivity contribution in [3.05, 3.63) is 50.1 Å². The lowest BCUT2D eigenvalue weighted by Gasteiger charge is -2.17. The van der Waals surface area contributed by atoms with Gasteiger partial charge in [-0.25, -0.2) is 0 Å². The summed E-state index contributed by atoms with van der Waals surface area (Å²) in [6.45, 7) is 3.92. The van der Waals surface area contributed by atoms with Crippen molar-refractivity contribution < 1.29 is 0 Å². The molecule has 0 radical (unpaired) electrons. The van der Waals surface area contributed by atoms with E-state index < -0.39 is 0 Å². The van der Waals surface area contributed by atoms with Gasteiger partial charge >= 0.3 is 0 Å². The molecule has 0 spiro atoms. The average Bonchev–Trinajstić information content (AvgIpc) is 2.69. The fourth-order valence-electron chi connectivity index (χ4n) is 1.92. The minimum absolute atomic E-state index is 0.875. The molecule has 2 rings (SSSR count). The van der Waals surface area contributed by atoms with Crippen molar-refractivity contribution in [2.75, 3.05) is 12.8 Å². The number of benzene rings is 1. The molecule has 4 heteroatoms. The molecule has 2 nitrogen and oxygen atoms in total. The van der Waals surface area contributed by atoms with Crippen molar-refractivity contribution in [2.24, 2.45) is 0 Å². The number of hydrogen-bond donors (Lipinski definition) is 1. The maximum atomic E-state index is 6.00. The topological polar surface area (TPSA) is 29.3 Å². The molecule has 0 aliphatic rings. The van der Waals surface area contributed by atoms with E-state index in [1.165, 1.54) is 16.0 Å². The Kier molecular flexibility index (Phi) is 4.43. The normalized spacial score (nSPS) is 11.1. The number of hydrogen-bond acceptors (Lipinski definition) is 3. The molecule has 1 heterocycles. The van der Waals surface area contributed by atoms with E-state index in [-0.39, 0.29) is 0 Å². The van der Waals surface area contributed by atoms with Gasteiger partial charge in [-0.2, -0.15) is 0 Å². The summed E-state index contributed by atoms with van der Waals surface area (Å²) in [5.74, 6) is 0. The number of nitrogens with two attached hydrogens (primary N) is 1. The highest BCUT2D eigenvalue weighted by molar-refractivity contribution is 9.10. The van der Waals surface area contributed by atoms with E-state index >= 15 is 0 Å². The SMILES string of the molecule is Cc1ccc(N)c(CN(C)Cc2cc(Br)cs2)c1. The zero-order valence-corrected chi connectivity index (χ0v) is 13.0. The number of thiophene rings is 1. The van der Waals surface area contributed by atoms with E-state index in [9.17, 15) is 0 Å². The maximum absolute atomic E-state index is 6.00. The van der Waals surface area contributed by atoms with Gasteiger partial charge in [0.2, 0.25) is 0 Å². The molecule has 0 saturated heterocycles. The predicted octanol–water partition coefficient (Wildman–Crippen LogP) is 4.03. The fraction of sp³-hybridized carbons (Fsp3) is 0.286. The van der Waals surface area contributed by atoms with Gasteiger partial charge in [0.15, 0.2) is 0 Å². The van der Waals surface area contributed by atoms with Crippen molar-refractivity contribution in [2.45, 2.75) is 20.0 Å². The average molecular weight is 325 g/mol. The zero-order valence-electron chi connectivity index (χ0n) is 10.6. The van der Waals surface area contributed by atoms with Gasteiger partial charge < -0.3 is 5.73 Å². The second-order valence-corrected chi connectivity index (χ2v) is 6.52. The van der Waals surface area contributed by atoms with Crippen LogP contribution in [0.15, 0.2) is 34.1 Å². The molecular formula is C14H17BrN2S. The summed E-state index contributed by atoms with van der Waals surface area (Å²) in [4.78, 5) is 3.64. The summed E-state index contributed by atoms with van der Waals surface area (Å²) < 4.78 is 1.16. The molecule has 0 aliphatic carbocycles. The third kappa shape index (κ3) is 3.57. The Hall–Kier alpha value is -0.840. The largest absolute Gasteiger partial charge is 0.398 e. The minimum Gasteiger partial charge on any atom is -0.398 e. The summed E-state index contributed by atoms with van der Waals surface area (Å²) >= 11 is 5.26. The summed E-state index contributed by atoms with van der Waals surface area (Å²) in [6.07, 6.45) is 0. The standard InChI is InChI=1S/C14H17BrN2S/c1-10-3-4-14(16)11(5-10)7-17(2)8-13-6-12(15)9-18-13/h3-6,9H,7-8,16H2,1-2H3. The summed E-state index contributed by atoms with van der Waals surface area (Å²) in [5, 5.41) is 2.12. The van der Waals surface area contributed by atoms with Crippen LogP contribution in [-0.2, 0) is 13.1 Å². The van der Waals surface area contributed by atoms with Crippen molar-refractivity contribution in [1.29, 1.82) is 0 Å². The summed E-state index contributed by atoms with van der Waals surface area (Å²) in [5.41, 5.74) is 9.34. The van der Waals surface area contributed by atoms with E-state index in [0.717, 1.165) is 23.2 Å². The van der Waals surface area contributed by atoms with E-state index in [0.29, 0.717) is 0 Å². The van der Waals surface area contributed by atoms with Gasteiger partial charge in [0.25, 0.3) is 0 Å². The van der Waals surface area contributed by atoms with Gasteiger partial charge in [-0.3, -0.25) is 4.90 Å². The molecular weight excluding hydrogens is 308 g/mol. The van der Waals surface area contributed by atoms with Crippen LogP contribution >= 0.6 is 27.3 Å². The lowest BCUT2D eigenvalue weighted by molar-refractivity contribution is 0.322. The van der Waals surface area contributed by atoms with Crippen LogP contribution in [0.3, 0.4) is 0 Å². The van der Waals surface area contributed by atoms with Gasteiger partial charge in [0, 0.05) is 33.5 Å². The van der Waals surface area contributed by atoms with Gasteiger partial charge in [-0.05, 0) is 47.6 Å². The van der Waals surface area contributed by atoms with Gasteiger partial charge in [0.05, 0.1) is 0 Å². The Morgan fingerprint density at radius 2 is 2.06 bits per heavy atom. The molecule has 96 valence electrons. The Morgan fingerprint density at radius 1 is 1.28 bits per heavy atom. The summed E-state index contributed by atoms with van der Waals surface area (Å²) in [6, 6.07) is 8.37. The third-order valence-electron chi connectivity index (χ3n) is 2.79. The molecule has 1 aromatic heterocycles. The number of nitrogens with zero attached hydrogens (tertiary/aromatic N) is 1. The van der Waals surface area contributed by atoms with Crippen LogP contribution in [0.1, 0.15) is 16.0 Å². The molecule has 2 aromatic rings. The van der Waals surface area contributed by atoms with Gasteiger partial charge in [-0.1, -0.05) is 17.7 Å². The first-order chi connectivity index (χ1) is 8.54. The Labute approximate surface area is 121 Å². The van der Waals surface area contributed by atoms with E-state index in [1.807, 2.05) is 6.07 Å².